The van der Waals surface area contributed by atoms with Crippen LogP contribution in [0.3, 0.4) is 0 Å². The fraction of sp³-hybridized carbons (Fsp3) is 0.319. The van der Waals surface area contributed by atoms with Crippen LogP contribution in [0.4, 0.5) is 0 Å². The Labute approximate surface area is 336 Å². The number of allylic oxidation sites excluding steroid dienone is 4. The summed E-state index contributed by atoms with van der Waals surface area (Å²) in [6.07, 6.45) is 7.95. The summed E-state index contributed by atoms with van der Waals surface area (Å²) in [5.74, 6) is 1.14. The summed E-state index contributed by atoms with van der Waals surface area (Å²) in [7, 11) is 2.15. The summed E-state index contributed by atoms with van der Waals surface area (Å²) in [5.41, 5.74) is 8.07. The highest BCUT2D eigenvalue weighted by Gasteiger charge is 2.18. The van der Waals surface area contributed by atoms with E-state index in [0.29, 0.717) is 41.9 Å². The topological polar surface area (TPSA) is 99.2 Å². The van der Waals surface area contributed by atoms with Crippen molar-refractivity contribution in [3.63, 3.8) is 0 Å². The van der Waals surface area contributed by atoms with Crippen molar-refractivity contribution in [2.45, 2.75) is 79.8 Å². The van der Waals surface area contributed by atoms with E-state index in [0.717, 1.165) is 70.6 Å². The zero-order valence-electron chi connectivity index (χ0n) is 33.4. The predicted octanol–water partition coefficient (Wildman–Crippen LogP) is 10.2. The van der Waals surface area contributed by atoms with Crippen LogP contribution in [0.2, 0.25) is 0 Å². The number of nitrogens with zero attached hydrogens (tertiary/aromatic N) is 1. The third-order valence-electron chi connectivity index (χ3n) is 9.11. The molecule has 0 radical (unpaired) electrons. The molecule has 0 unspecified atom stereocenters. The number of esters is 2. The molecule has 0 bridgehead atoms. The number of rotatable bonds is 13. The van der Waals surface area contributed by atoms with E-state index in [4.69, 9.17) is 25.8 Å². The Bertz CT molecular complexity index is 2050. The molecule has 1 fully saturated rings. The molecule has 4 aromatic carbocycles. The van der Waals surface area contributed by atoms with Crippen LogP contribution in [0.25, 0.3) is 11.1 Å². The van der Waals surface area contributed by atoms with E-state index in [-0.39, 0.29) is 17.9 Å². The SMILES string of the molecule is CC(=O)Oc1ccc(C(=O)Cc2ccc(-c3ccc(OC4CCN(C)CC4)cc3)cc2)cc1CC=C(C)C.CC(=O)Oc1ccc(C(=O)Cl)cc1CC=C(C)C. The Hall–Kier alpha value is -5.31. The number of halogens is 1. The van der Waals surface area contributed by atoms with Gasteiger partial charge in [0.2, 0.25) is 0 Å². The molecule has 0 aliphatic carbocycles. The van der Waals surface area contributed by atoms with E-state index in [1.54, 1.807) is 30.3 Å². The molecule has 1 aliphatic heterocycles. The van der Waals surface area contributed by atoms with Crippen molar-refractivity contribution in [3.8, 4) is 28.4 Å². The summed E-state index contributed by atoms with van der Waals surface area (Å²) in [6, 6.07) is 26.4. The first-order valence-corrected chi connectivity index (χ1v) is 19.2. The van der Waals surface area contributed by atoms with Crippen molar-refractivity contribution in [1.82, 2.24) is 4.90 Å². The highest BCUT2D eigenvalue weighted by Crippen LogP contribution is 2.27. The van der Waals surface area contributed by atoms with Gasteiger partial charge in [-0.2, -0.15) is 0 Å². The first-order chi connectivity index (χ1) is 26.7. The molecule has 0 aromatic heterocycles. The van der Waals surface area contributed by atoms with E-state index in [1.807, 2.05) is 64.1 Å². The molecule has 0 N–H and O–H groups in total. The summed E-state index contributed by atoms with van der Waals surface area (Å²) < 4.78 is 16.6. The minimum Gasteiger partial charge on any atom is -0.490 e. The molecule has 4 aromatic rings. The first-order valence-electron chi connectivity index (χ1n) is 18.8. The highest BCUT2D eigenvalue weighted by atomic mass is 35.5. The molecule has 0 atom stereocenters. The second-order valence-corrected chi connectivity index (χ2v) is 14.9. The Kier molecular flexibility index (Phi) is 16.4. The van der Waals surface area contributed by atoms with Gasteiger partial charge in [0, 0.05) is 44.5 Å². The Morgan fingerprint density at radius 1 is 0.661 bits per heavy atom. The molecule has 294 valence electrons. The van der Waals surface area contributed by atoms with Gasteiger partial charge < -0.3 is 19.1 Å². The van der Waals surface area contributed by atoms with Crippen LogP contribution in [-0.2, 0) is 28.9 Å². The summed E-state index contributed by atoms with van der Waals surface area (Å²) in [5, 5.41) is -0.525. The largest absolute Gasteiger partial charge is 0.490 e. The third-order valence-corrected chi connectivity index (χ3v) is 9.33. The standard InChI is InChI=1S/C33H37NO4.C14H15ClO3/c1-23(2)5-8-29-22-28(13-16-33(29)37-24(3)35)32(36)21-25-6-9-26(10-7-25)27-11-14-30(15-12-27)38-31-17-19-34(4)20-18-31;1-9(2)4-5-11-8-12(14(15)17)6-7-13(11)18-10(3)16/h5-7,9-16,22,31H,8,17-21H2,1-4H3;4,6-8H,5H2,1-3H3. The monoisotopic (exact) mass is 777 g/mol. The Morgan fingerprint density at radius 2 is 1.12 bits per heavy atom. The van der Waals surface area contributed by atoms with Gasteiger partial charge in [-0.25, -0.2) is 0 Å². The molecule has 1 aliphatic rings. The molecule has 0 amide bonds. The first kappa shape index (κ1) is 43.4. The maximum atomic E-state index is 13.1. The summed E-state index contributed by atoms with van der Waals surface area (Å²) in [4.78, 5) is 49.0. The number of carbonyl (C=O) groups excluding carboxylic acids is 4. The quantitative estimate of drug-likeness (QED) is 0.0435. The molecule has 8 nitrogen and oxygen atoms in total. The third kappa shape index (κ3) is 14.1. The van der Waals surface area contributed by atoms with Gasteiger partial charge >= 0.3 is 11.9 Å². The van der Waals surface area contributed by atoms with Crippen LogP contribution in [0.15, 0.2) is 108 Å². The molecule has 9 heteroatoms. The van der Waals surface area contributed by atoms with Gasteiger partial charge in [0.15, 0.2) is 5.78 Å². The van der Waals surface area contributed by atoms with Gasteiger partial charge in [-0.1, -0.05) is 59.7 Å². The van der Waals surface area contributed by atoms with Crippen molar-refractivity contribution in [2.24, 2.45) is 0 Å². The average Bonchev–Trinajstić information content (AvgIpc) is 3.15. The summed E-state index contributed by atoms with van der Waals surface area (Å²) in [6.45, 7) is 12.9. The maximum Gasteiger partial charge on any atom is 0.308 e. The second kappa shape index (κ2) is 21.1. The predicted molar refractivity (Wildman–Crippen MR) is 223 cm³/mol. The number of hydrogen-bond acceptors (Lipinski definition) is 8. The van der Waals surface area contributed by atoms with Crippen LogP contribution in [0.1, 0.15) is 91.8 Å². The Morgan fingerprint density at radius 3 is 1.59 bits per heavy atom. The Balaban J connectivity index is 0.000000325. The fourth-order valence-electron chi connectivity index (χ4n) is 6.03. The van der Waals surface area contributed by atoms with Gasteiger partial charge in [0.1, 0.15) is 23.4 Å². The van der Waals surface area contributed by atoms with E-state index in [2.05, 4.69) is 42.3 Å². The smallest absolute Gasteiger partial charge is 0.308 e. The minimum absolute atomic E-state index is 0.0287. The maximum absolute atomic E-state index is 13.1. The molecule has 0 saturated carbocycles. The van der Waals surface area contributed by atoms with Crippen LogP contribution in [0, 0.1) is 0 Å². The van der Waals surface area contributed by atoms with E-state index >= 15 is 0 Å². The lowest BCUT2D eigenvalue weighted by Gasteiger charge is -2.29. The molecule has 56 heavy (non-hydrogen) atoms. The van der Waals surface area contributed by atoms with Crippen LogP contribution in [-0.4, -0.2) is 54.1 Å². The lowest BCUT2D eigenvalue weighted by Crippen LogP contribution is -2.35. The number of ether oxygens (including phenoxy) is 3. The van der Waals surface area contributed by atoms with Gasteiger partial charge in [-0.05, 0) is 148 Å². The minimum atomic E-state index is -0.525. The van der Waals surface area contributed by atoms with Crippen molar-refractivity contribution in [2.75, 3.05) is 20.1 Å². The molecular weight excluding hydrogens is 726 g/mol. The zero-order valence-corrected chi connectivity index (χ0v) is 34.2. The summed E-state index contributed by atoms with van der Waals surface area (Å²) >= 11 is 5.43. The number of piperidine rings is 1. The van der Waals surface area contributed by atoms with Gasteiger partial charge in [-0.15, -0.1) is 0 Å². The number of hydrogen-bond donors (Lipinski definition) is 0. The van der Waals surface area contributed by atoms with E-state index in [1.165, 1.54) is 13.8 Å². The van der Waals surface area contributed by atoms with Crippen molar-refractivity contribution >= 4 is 34.6 Å². The van der Waals surface area contributed by atoms with Crippen molar-refractivity contribution < 1.29 is 33.4 Å². The molecule has 0 spiro atoms. The number of benzene rings is 4. The zero-order chi connectivity index (χ0) is 40.8. The lowest BCUT2D eigenvalue weighted by atomic mass is 9.97. The van der Waals surface area contributed by atoms with Crippen LogP contribution >= 0.6 is 11.6 Å². The average molecular weight is 778 g/mol. The highest BCUT2D eigenvalue weighted by molar-refractivity contribution is 6.67. The fourth-order valence-corrected chi connectivity index (χ4v) is 6.15. The normalized spacial score (nSPS) is 12.7. The number of carbonyl (C=O) groups is 4. The van der Waals surface area contributed by atoms with Gasteiger partial charge in [0.05, 0.1) is 0 Å². The van der Waals surface area contributed by atoms with Crippen molar-refractivity contribution in [3.05, 3.63) is 136 Å². The van der Waals surface area contributed by atoms with Gasteiger partial charge in [0.25, 0.3) is 5.24 Å². The molecule has 1 heterocycles. The van der Waals surface area contributed by atoms with Crippen LogP contribution in [0.5, 0.6) is 17.2 Å². The molecule has 5 rings (SSSR count). The number of likely N-dealkylation sites (tertiary alicyclic amines) is 1. The van der Waals surface area contributed by atoms with E-state index < -0.39 is 11.2 Å². The molecular formula is C47H52ClNO7. The number of ketones is 1. The number of Topliss-reactive ketones (excluding diaryl/α,β-unsaturated/α-hetero) is 1. The van der Waals surface area contributed by atoms with Gasteiger partial charge in [-0.3, -0.25) is 19.2 Å². The van der Waals surface area contributed by atoms with Crippen LogP contribution < -0.4 is 14.2 Å². The lowest BCUT2D eigenvalue weighted by molar-refractivity contribution is -0.132. The molecule has 1 saturated heterocycles. The van der Waals surface area contributed by atoms with E-state index in [9.17, 15) is 19.2 Å². The second-order valence-electron chi connectivity index (χ2n) is 14.5. The van der Waals surface area contributed by atoms with Crippen molar-refractivity contribution in [1.29, 1.82) is 0 Å².